The maximum Gasteiger partial charge on any atom is 0.259 e. The first-order valence-corrected chi connectivity index (χ1v) is 65.8. The number of aromatic nitrogens is 8. The number of anilines is 2. The number of imidazole rings is 2. The number of hydrogen-bond donors (Lipinski definition) is 5. The van der Waals surface area contributed by atoms with Gasteiger partial charge in [0.1, 0.15) is 49.3 Å². The summed E-state index contributed by atoms with van der Waals surface area (Å²) in [5.41, 5.74) is 3.24. The fraction of sp³-hybridized carbons (Fsp3) is 0.439. The number of benzene rings is 8. The SMILES string of the molecule is CCN(CC)CC.CC[C@H]1O[C@@H](n2cnc3c(NC(=O)c4ccccc4)ncnc32)CC1O.CC[C@H]1O[C@@H](n2cnc3c(NC(=O)c4ccccc4)ncnc32)CC1OP1O[C@H](C[Si](C)(c2ccccc2)c2ccccc2)[C@@H]2CCCCN21.CN1CCOCC1.C[Si](C[C@@H](O)[C@@H]1CCCCN1)(c1ccccc1)c1ccccc1.C[Si](C[C@H]1OP(Cl)N2CCCC[C@@H]12)(c1ccccc1)c1ccccc1.ClP(Cl)Cl. The number of halogens is 4. The van der Waals surface area contributed by atoms with Crippen molar-refractivity contribution in [3.63, 3.8) is 0 Å². The second-order valence-electron chi connectivity index (χ2n) is 37.9. The van der Waals surface area contributed by atoms with Gasteiger partial charge in [0.2, 0.25) is 7.65 Å². The molecule has 8 aromatic carbocycles. The summed E-state index contributed by atoms with van der Waals surface area (Å²) in [6.07, 6.45) is 18.2. The highest BCUT2D eigenvalue weighted by atomic mass is 36.0. The molecule has 8 aliphatic heterocycles. The molecule has 2 amide bonds. The van der Waals surface area contributed by atoms with Crippen molar-refractivity contribution in [2.75, 3.05) is 83.3 Å². The molecule has 0 saturated carbocycles. The number of carbonyl (C=O) groups is 2. The Morgan fingerprint density at radius 1 is 0.500 bits per heavy atom. The first kappa shape index (κ1) is 110. The fourth-order valence-corrected chi connectivity index (χ4v) is 36.4. The van der Waals surface area contributed by atoms with E-state index < -0.39 is 52.5 Å². The average Bonchev–Trinajstić information content (AvgIpc) is 0.839. The predicted molar refractivity (Wildman–Crippen MR) is 590 cm³/mol. The van der Waals surface area contributed by atoms with E-state index in [0.29, 0.717) is 70.0 Å². The summed E-state index contributed by atoms with van der Waals surface area (Å²) in [6, 6.07) is 87.8. The van der Waals surface area contributed by atoms with Gasteiger partial charge in [-0.05, 0) is 138 Å². The van der Waals surface area contributed by atoms with Gasteiger partial charge in [0.05, 0.1) is 68.6 Å². The number of fused-ring (bicyclic) bond motifs is 4. The Morgan fingerprint density at radius 3 is 1.27 bits per heavy atom. The molecule has 4 unspecified atom stereocenters. The van der Waals surface area contributed by atoms with Gasteiger partial charge in [-0.1, -0.05) is 357 Å². The number of likely N-dealkylation sites (N-methyl/N-ethyl adjacent to an activating group) is 1. The molecule has 12 aromatic rings. The zero-order valence-electron chi connectivity index (χ0n) is 83.1. The van der Waals surface area contributed by atoms with Crippen molar-refractivity contribution in [1.82, 2.24) is 63.5 Å². The number of amides is 2. The number of nitrogens with zero attached hydrogens (tertiary/aromatic N) is 12. The summed E-state index contributed by atoms with van der Waals surface area (Å²) in [7, 11) is -5.98. The minimum absolute atomic E-state index is 0.0989. The van der Waals surface area contributed by atoms with Crippen LogP contribution in [0.15, 0.2) is 268 Å². The second-order valence-corrected chi connectivity index (χ2v) is 59.0. The van der Waals surface area contributed by atoms with Gasteiger partial charge >= 0.3 is 0 Å². The van der Waals surface area contributed by atoms with E-state index in [0.717, 1.165) is 96.2 Å². The van der Waals surface area contributed by atoms with Gasteiger partial charge in [0, 0.05) is 68.3 Å². The van der Waals surface area contributed by atoms with Crippen LogP contribution in [-0.4, -0.2) is 238 Å². The van der Waals surface area contributed by atoms with Crippen molar-refractivity contribution in [3.8, 4) is 0 Å². The van der Waals surface area contributed by atoms with Crippen LogP contribution < -0.4 is 47.1 Å². The van der Waals surface area contributed by atoms with E-state index in [4.69, 9.17) is 72.7 Å². The van der Waals surface area contributed by atoms with Crippen molar-refractivity contribution < 1.29 is 47.6 Å². The average molecular weight is 2120 g/mol. The maximum atomic E-state index is 12.9. The lowest BCUT2D eigenvalue weighted by Gasteiger charge is -2.35. The largest absolute Gasteiger partial charge is 0.392 e. The number of ether oxygens (including phenoxy) is 3. The molecular formula is C107H140Cl4N15O10P3Si3. The summed E-state index contributed by atoms with van der Waals surface area (Å²) in [5, 5.41) is 38.8. The molecule has 12 heterocycles. The van der Waals surface area contributed by atoms with E-state index in [1.165, 1.54) is 102 Å². The zero-order valence-corrected chi connectivity index (χ0v) is 91.8. The van der Waals surface area contributed by atoms with Gasteiger partial charge in [0.15, 0.2) is 39.9 Å². The minimum Gasteiger partial charge on any atom is -0.392 e. The fourth-order valence-electron chi connectivity index (χ4n) is 20.5. The van der Waals surface area contributed by atoms with Gasteiger partial charge in [0.25, 0.3) is 20.3 Å². The molecule has 8 aliphatic rings. The topological polar surface area (TPSA) is 266 Å². The van der Waals surface area contributed by atoms with Gasteiger partial charge in [-0.15, -0.1) is 0 Å². The number of piperidine rings is 3. The molecule has 0 bridgehead atoms. The van der Waals surface area contributed by atoms with Crippen LogP contribution in [0, 0.1) is 0 Å². The van der Waals surface area contributed by atoms with E-state index in [1.54, 1.807) is 53.6 Å². The lowest BCUT2D eigenvalue weighted by Crippen LogP contribution is -2.59. The Morgan fingerprint density at radius 2 is 0.887 bits per heavy atom. The molecule has 0 aliphatic carbocycles. The molecule has 5 N–H and O–H groups in total. The van der Waals surface area contributed by atoms with Crippen LogP contribution in [0.2, 0.25) is 37.8 Å². The predicted octanol–water partition coefficient (Wildman–Crippen LogP) is 19.9. The van der Waals surface area contributed by atoms with Crippen LogP contribution in [0.4, 0.5) is 11.6 Å². The summed E-state index contributed by atoms with van der Waals surface area (Å²) < 4.78 is 46.7. The monoisotopic (exact) mass is 2110 g/mol. The molecule has 8 saturated heterocycles. The molecule has 0 spiro atoms. The number of carbonyl (C=O) groups excluding carboxylic acids is 2. The third-order valence-corrected chi connectivity index (χ3v) is 46.0. The summed E-state index contributed by atoms with van der Waals surface area (Å²) >= 11 is 21.2. The first-order chi connectivity index (χ1) is 69.0. The Bertz CT molecular complexity index is 5650. The number of nitrogens with one attached hydrogen (secondary N) is 3. The van der Waals surface area contributed by atoms with Crippen molar-refractivity contribution in [2.45, 2.75) is 229 Å². The lowest BCUT2D eigenvalue weighted by atomic mass is 10.0. The van der Waals surface area contributed by atoms with Gasteiger partial charge in [-0.2, -0.15) is 0 Å². The summed E-state index contributed by atoms with van der Waals surface area (Å²) in [6.45, 7) is 28.8. The van der Waals surface area contributed by atoms with Gasteiger partial charge in [-0.3, -0.25) is 18.7 Å². The molecule has 0 radical (unpaired) electrons. The molecule has 14 atom stereocenters. The lowest BCUT2D eigenvalue weighted by molar-refractivity contribution is -0.0183. The standard InChI is InChI=1S/C38H43N6O4PSi.C20H25ClNOPSi.C20H27NOSi.C18H19N5O3.C6H15N.C5H11NO.Cl3P/c1-3-31-32(23-34(46-31)43-26-41-35-36(39-25-40-37(35)43)42-38(45)27-15-7-4-8-16-27)47-49-44-22-14-13-21-30(44)33(48-49)24-50(2,28-17-9-5-10-18-28)29-19-11-6-12-20-29;1-25(17-10-4-2-5-11-17,18-12-6-3-7-13-18)16-20-19-14-8-9-15-22(19)24(21)23-20;1-23(17-10-4-2-5-11-17,18-12-6-3-7-13-18)16-20(22)19-14-8-9-15-21-19;1-2-13-12(24)8-14(26-13)23-10-21-15-16(19-9-20-17(15)23)22-18(25)11-6-4-3-5-7-11;1-4-7(5-2)6-3;1-6-2-4-7-5-3-6;1-4(2)3/h4-12,15-20,25-26,30-34H,3,13-14,21-24H2,1-2H3,(H,39,40,42,45);2-7,10-13,19-20H,8-9,14-16H2,1H3;2-7,10-13,19-22H,8-9,14-16H2,1H3;3-7,9-10,12-14,24H,2,8H2,1H3,(H,19,20,22,25);4-6H2,1-3H3;2-5H2,1H3;/t30-,31+,32?,33+,34+,49?;19-,20+,24?;19-,20+;12?,13-,14-;;;/m0001.../s1. The molecule has 20 rings (SSSR count). The van der Waals surface area contributed by atoms with E-state index in [-0.39, 0.29) is 66.9 Å². The quantitative estimate of drug-likeness (QED) is 0.0249. The smallest absolute Gasteiger partial charge is 0.259 e. The van der Waals surface area contributed by atoms with E-state index >= 15 is 0 Å². The number of rotatable bonds is 26. The highest BCUT2D eigenvalue weighted by Gasteiger charge is 2.52. The number of aliphatic hydroxyl groups is 2. The summed E-state index contributed by atoms with van der Waals surface area (Å²) in [5.74, 6) is -1.01. The van der Waals surface area contributed by atoms with Crippen molar-refractivity contribution in [3.05, 3.63) is 279 Å². The Balaban J connectivity index is 0.000000148. The van der Waals surface area contributed by atoms with Gasteiger partial charge in [-0.25, -0.2) is 39.2 Å². The number of morpholine rings is 1. The molecule has 4 aromatic heterocycles. The van der Waals surface area contributed by atoms with Crippen LogP contribution in [0.3, 0.4) is 0 Å². The van der Waals surface area contributed by atoms with Crippen molar-refractivity contribution in [1.29, 1.82) is 0 Å². The normalized spacial score (nSPS) is 23.2. The number of aliphatic hydroxyl groups excluding tert-OH is 2. The van der Waals surface area contributed by atoms with Gasteiger partial charge < -0.3 is 63.7 Å². The van der Waals surface area contributed by atoms with Crippen LogP contribution in [0.25, 0.3) is 22.3 Å². The van der Waals surface area contributed by atoms with Crippen molar-refractivity contribution in [2.24, 2.45) is 0 Å². The molecule has 142 heavy (non-hydrogen) atoms. The van der Waals surface area contributed by atoms with Crippen LogP contribution in [-0.2, 0) is 27.8 Å². The highest BCUT2D eigenvalue weighted by molar-refractivity contribution is 8.20. The van der Waals surface area contributed by atoms with E-state index in [9.17, 15) is 19.8 Å². The second kappa shape index (κ2) is 54.9. The molecule has 758 valence electrons. The Kier molecular flexibility index (Phi) is 42.5. The summed E-state index contributed by atoms with van der Waals surface area (Å²) in [4.78, 5) is 56.2. The Labute approximate surface area is 864 Å². The van der Waals surface area contributed by atoms with E-state index in [1.807, 2.05) is 35.8 Å². The third-order valence-electron chi connectivity index (χ3n) is 28.7. The van der Waals surface area contributed by atoms with Crippen LogP contribution in [0.1, 0.15) is 151 Å². The highest BCUT2D eigenvalue weighted by Crippen LogP contribution is 2.60. The Hall–Kier alpha value is -7.62. The van der Waals surface area contributed by atoms with Crippen LogP contribution >= 0.6 is 67.1 Å². The molecule has 35 heteroatoms. The number of hydrogen-bond acceptors (Lipinski definition) is 21. The molecular weight excluding hydrogens is 1970 g/mol. The molecule has 8 fully saturated rings. The first-order valence-electron chi connectivity index (χ1n) is 50.4. The zero-order chi connectivity index (χ0) is 100.0. The third kappa shape index (κ3) is 28.9. The molecule has 25 nitrogen and oxygen atoms in total. The van der Waals surface area contributed by atoms with Crippen molar-refractivity contribution >= 4 is 168 Å². The maximum absolute atomic E-state index is 12.9. The van der Waals surface area contributed by atoms with Crippen LogP contribution in [0.5, 0.6) is 0 Å². The minimum atomic E-state index is -2.12. The van der Waals surface area contributed by atoms with E-state index in [2.05, 4.69) is 301 Å².